The Kier molecular flexibility index (Phi) is 7.70. The van der Waals surface area contributed by atoms with Gasteiger partial charge in [-0.1, -0.05) is 12.1 Å². The number of methoxy groups -OCH3 is 1. The van der Waals surface area contributed by atoms with E-state index in [0.29, 0.717) is 5.75 Å². The third kappa shape index (κ3) is 7.43. The van der Waals surface area contributed by atoms with Crippen LogP contribution in [0.3, 0.4) is 0 Å². The van der Waals surface area contributed by atoms with Gasteiger partial charge in [0.1, 0.15) is 17.4 Å². The van der Waals surface area contributed by atoms with Crippen molar-refractivity contribution < 1.29 is 24.2 Å². The van der Waals surface area contributed by atoms with Crippen LogP contribution in [0.5, 0.6) is 5.75 Å². The molecule has 0 unspecified atom stereocenters. The normalized spacial score (nSPS) is 13.5. The molecule has 1 aromatic carbocycles. The fourth-order valence-electron chi connectivity index (χ4n) is 2.16. The highest BCUT2D eigenvalue weighted by molar-refractivity contribution is 5.86. The molecule has 1 rings (SSSR count). The van der Waals surface area contributed by atoms with E-state index in [2.05, 4.69) is 10.6 Å². The number of rotatable bonds is 7. The Hall–Kier alpha value is -2.28. The number of ether oxygens (including phenoxy) is 2. The summed E-state index contributed by atoms with van der Waals surface area (Å²) in [4.78, 5) is 24.3. The topological polar surface area (TPSA) is 96.9 Å². The van der Waals surface area contributed by atoms with Gasteiger partial charge in [-0.15, -0.1) is 0 Å². The summed E-state index contributed by atoms with van der Waals surface area (Å²) in [6, 6.07) is 6.18. The van der Waals surface area contributed by atoms with Crippen LogP contribution in [0.15, 0.2) is 24.3 Å². The monoisotopic (exact) mass is 352 g/mol. The van der Waals surface area contributed by atoms with Crippen LogP contribution in [0.1, 0.15) is 45.7 Å². The average molecular weight is 352 g/mol. The maximum Gasteiger partial charge on any atom is 0.408 e. The minimum absolute atomic E-state index is 0.0932. The van der Waals surface area contributed by atoms with Gasteiger partial charge < -0.3 is 25.2 Å². The molecule has 2 amide bonds. The van der Waals surface area contributed by atoms with Gasteiger partial charge in [0.15, 0.2) is 0 Å². The Morgan fingerprint density at radius 1 is 1.24 bits per heavy atom. The van der Waals surface area contributed by atoms with Crippen LogP contribution in [-0.2, 0) is 9.53 Å². The van der Waals surface area contributed by atoms with Crippen molar-refractivity contribution in [3.05, 3.63) is 29.8 Å². The van der Waals surface area contributed by atoms with E-state index in [9.17, 15) is 9.59 Å². The molecule has 0 spiro atoms. The summed E-state index contributed by atoms with van der Waals surface area (Å²) in [6.45, 7) is 6.80. The second-order valence-corrected chi connectivity index (χ2v) is 6.72. The first-order valence-corrected chi connectivity index (χ1v) is 8.21. The van der Waals surface area contributed by atoms with Gasteiger partial charge >= 0.3 is 6.09 Å². The summed E-state index contributed by atoms with van der Waals surface area (Å²) in [5.74, 6) is 0.299. The Morgan fingerprint density at radius 3 is 2.48 bits per heavy atom. The highest BCUT2D eigenvalue weighted by Crippen LogP contribution is 2.19. The van der Waals surface area contributed by atoms with Gasteiger partial charge in [0.2, 0.25) is 5.91 Å². The molecule has 0 bridgehead atoms. The first-order valence-electron chi connectivity index (χ1n) is 8.21. The molecular formula is C18H28N2O5. The maximum absolute atomic E-state index is 12.4. The number of aliphatic hydroxyl groups is 1. The van der Waals surface area contributed by atoms with Gasteiger partial charge in [0.05, 0.1) is 13.2 Å². The number of amides is 2. The molecule has 3 N–H and O–H groups in total. The van der Waals surface area contributed by atoms with E-state index >= 15 is 0 Å². The number of alkyl carbamates (subject to hydrolysis) is 1. The molecule has 140 valence electrons. The first-order chi connectivity index (χ1) is 11.7. The van der Waals surface area contributed by atoms with E-state index in [-0.39, 0.29) is 19.1 Å². The SMILES string of the molecule is COc1cccc([C@@H](C)NC(=O)[C@@H](CCO)NC(=O)OC(C)(C)C)c1. The lowest BCUT2D eigenvalue weighted by molar-refractivity contribution is -0.124. The quantitative estimate of drug-likeness (QED) is 0.699. The predicted octanol–water partition coefficient (Wildman–Crippen LogP) is 2.15. The largest absolute Gasteiger partial charge is 0.497 e. The molecule has 0 saturated heterocycles. The van der Waals surface area contributed by atoms with Crippen LogP contribution >= 0.6 is 0 Å². The minimum atomic E-state index is -0.882. The molecule has 0 aliphatic carbocycles. The van der Waals surface area contributed by atoms with Gasteiger partial charge in [-0.25, -0.2) is 4.79 Å². The van der Waals surface area contributed by atoms with Gasteiger partial charge in [0, 0.05) is 6.61 Å². The van der Waals surface area contributed by atoms with Gasteiger partial charge in [0.25, 0.3) is 0 Å². The smallest absolute Gasteiger partial charge is 0.408 e. The van der Waals surface area contributed by atoms with Crippen LogP contribution in [0, 0.1) is 0 Å². The van der Waals surface area contributed by atoms with E-state index in [1.165, 1.54) is 0 Å². The molecule has 0 fully saturated rings. The molecule has 7 nitrogen and oxygen atoms in total. The van der Waals surface area contributed by atoms with E-state index in [1.807, 2.05) is 31.2 Å². The first kappa shape index (κ1) is 20.8. The Bertz CT molecular complexity index is 583. The number of carbonyl (C=O) groups excluding carboxylic acids is 2. The predicted molar refractivity (Wildman–Crippen MR) is 94.4 cm³/mol. The maximum atomic E-state index is 12.4. The van der Waals surface area contributed by atoms with Gasteiger partial charge in [-0.2, -0.15) is 0 Å². The van der Waals surface area contributed by atoms with Crippen molar-refractivity contribution in [1.82, 2.24) is 10.6 Å². The van der Waals surface area contributed by atoms with E-state index < -0.39 is 23.6 Å². The molecule has 0 saturated carbocycles. The second-order valence-electron chi connectivity index (χ2n) is 6.72. The molecule has 0 radical (unpaired) electrons. The van der Waals surface area contributed by atoms with Crippen LogP contribution in [-0.4, -0.2) is 42.5 Å². The van der Waals surface area contributed by atoms with Crippen molar-refractivity contribution in [2.75, 3.05) is 13.7 Å². The Morgan fingerprint density at radius 2 is 1.92 bits per heavy atom. The lowest BCUT2D eigenvalue weighted by Gasteiger charge is -2.24. The van der Waals surface area contributed by atoms with Crippen molar-refractivity contribution in [3.8, 4) is 5.75 Å². The number of benzene rings is 1. The summed E-state index contributed by atoms with van der Waals surface area (Å²) in [6.07, 6.45) is -0.606. The minimum Gasteiger partial charge on any atom is -0.497 e. The number of hydrogen-bond acceptors (Lipinski definition) is 5. The molecular weight excluding hydrogens is 324 g/mol. The lowest BCUT2D eigenvalue weighted by Crippen LogP contribution is -2.49. The summed E-state index contributed by atoms with van der Waals surface area (Å²) < 4.78 is 10.3. The molecule has 1 aromatic rings. The van der Waals surface area contributed by atoms with E-state index in [1.54, 1.807) is 27.9 Å². The van der Waals surface area contributed by atoms with Crippen LogP contribution in [0.4, 0.5) is 4.79 Å². The van der Waals surface area contributed by atoms with Gasteiger partial charge in [-0.05, 0) is 51.8 Å². The Balaban J connectivity index is 2.73. The molecule has 0 aromatic heterocycles. The number of hydrogen-bond donors (Lipinski definition) is 3. The number of aliphatic hydroxyl groups excluding tert-OH is 1. The molecule has 25 heavy (non-hydrogen) atoms. The summed E-state index contributed by atoms with van der Waals surface area (Å²) in [7, 11) is 1.57. The summed E-state index contributed by atoms with van der Waals surface area (Å²) in [5.41, 5.74) is 0.200. The fraction of sp³-hybridized carbons (Fsp3) is 0.556. The zero-order valence-corrected chi connectivity index (χ0v) is 15.5. The van der Waals surface area contributed by atoms with Crippen molar-refractivity contribution in [3.63, 3.8) is 0 Å². The van der Waals surface area contributed by atoms with Crippen molar-refractivity contribution in [2.45, 2.75) is 51.8 Å². The highest BCUT2D eigenvalue weighted by Gasteiger charge is 2.25. The van der Waals surface area contributed by atoms with Crippen LogP contribution in [0.25, 0.3) is 0 Å². The highest BCUT2D eigenvalue weighted by atomic mass is 16.6. The van der Waals surface area contributed by atoms with Crippen molar-refractivity contribution in [2.24, 2.45) is 0 Å². The van der Waals surface area contributed by atoms with Crippen LogP contribution in [0.2, 0.25) is 0 Å². The molecule has 7 heteroatoms. The van der Waals surface area contributed by atoms with Crippen molar-refractivity contribution in [1.29, 1.82) is 0 Å². The zero-order valence-electron chi connectivity index (χ0n) is 15.5. The second kappa shape index (κ2) is 9.27. The van der Waals surface area contributed by atoms with Crippen LogP contribution < -0.4 is 15.4 Å². The lowest BCUT2D eigenvalue weighted by atomic mass is 10.1. The third-order valence-corrected chi connectivity index (χ3v) is 3.38. The third-order valence-electron chi connectivity index (χ3n) is 3.38. The van der Waals surface area contributed by atoms with Gasteiger partial charge in [-0.3, -0.25) is 4.79 Å². The summed E-state index contributed by atoms with van der Waals surface area (Å²) >= 11 is 0. The van der Waals surface area contributed by atoms with E-state index in [4.69, 9.17) is 14.6 Å². The Labute approximate surface area is 148 Å². The standard InChI is InChI=1S/C18H28N2O5/c1-12(13-7-6-8-14(11-13)24-5)19-16(22)15(9-10-21)20-17(23)25-18(2,3)4/h6-8,11-12,15,21H,9-10H2,1-5H3,(H,19,22)(H,20,23)/t12-,15-/m1/s1. The fourth-order valence-corrected chi connectivity index (χ4v) is 2.16. The number of carbonyl (C=O) groups is 2. The van der Waals surface area contributed by atoms with Crippen molar-refractivity contribution >= 4 is 12.0 Å². The summed E-state index contributed by atoms with van der Waals surface area (Å²) in [5, 5.41) is 14.5. The molecule has 0 aliphatic rings. The molecule has 2 atom stereocenters. The van der Waals surface area contributed by atoms with E-state index in [0.717, 1.165) is 5.56 Å². The molecule has 0 heterocycles. The zero-order chi connectivity index (χ0) is 19.0. The average Bonchev–Trinajstić information content (AvgIpc) is 2.52. The molecule has 0 aliphatic heterocycles. The number of nitrogens with one attached hydrogen (secondary N) is 2.